The van der Waals surface area contributed by atoms with Crippen LogP contribution in [-0.4, -0.2) is 34.3 Å². The van der Waals surface area contributed by atoms with Gasteiger partial charge in [0.25, 0.3) is 11.6 Å². The zero-order valence-corrected chi connectivity index (χ0v) is 19.0. The van der Waals surface area contributed by atoms with Crippen LogP contribution in [0.3, 0.4) is 0 Å². The largest absolute Gasteiger partial charge is 0.287 e. The highest BCUT2D eigenvalue weighted by Crippen LogP contribution is 2.40. The van der Waals surface area contributed by atoms with Crippen molar-refractivity contribution in [1.29, 1.82) is 0 Å². The van der Waals surface area contributed by atoms with Gasteiger partial charge in [-0.3, -0.25) is 29.5 Å². The van der Waals surface area contributed by atoms with Crippen LogP contribution in [0.15, 0.2) is 77.9 Å². The molecule has 5 rings (SSSR count). The number of imide groups is 1. The molecule has 2 amide bonds. The van der Waals surface area contributed by atoms with Crippen LogP contribution in [0.5, 0.6) is 0 Å². The van der Waals surface area contributed by atoms with Crippen LogP contribution in [0.2, 0.25) is 5.02 Å². The molecule has 35 heavy (non-hydrogen) atoms. The van der Waals surface area contributed by atoms with E-state index in [2.05, 4.69) is 5.10 Å². The number of nitro benzene ring substituents is 1. The molecular formula is C25H17ClN4O5. The van der Waals surface area contributed by atoms with E-state index in [4.69, 9.17) is 11.6 Å². The van der Waals surface area contributed by atoms with Crippen molar-refractivity contribution in [1.82, 2.24) is 0 Å². The number of hydrogen-bond acceptors (Lipinski definition) is 7. The lowest BCUT2D eigenvalue weighted by Crippen LogP contribution is -2.39. The number of benzene rings is 3. The van der Waals surface area contributed by atoms with Gasteiger partial charge in [0.05, 0.1) is 16.3 Å². The lowest BCUT2D eigenvalue weighted by Gasteiger charge is -2.23. The van der Waals surface area contributed by atoms with E-state index in [0.717, 1.165) is 4.90 Å². The number of hydrazone groups is 1. The second kappa shape index (κ2) is 8.44. The molecule has 0 radical (unpaired) electrons. The van der Waals surface area contributed by atoms with Gasteiger partial charge in [0.2, 0.25) is 11.7 Å². The number of non-ortho nitro benzene ring substituents is 1. The number of amides is 2. The van der Waals surface area contributed by atoms with Gasteiger partial charge in [-0.05, 0) is 36.8 Å². The molecule has 2 heterocycles. The highest BCUT2D eigenvalue weighted by Gasteiger charge is 2.58. The van der Waals surface area contributed by atoms with Gasteiger partial charge >= 0.3 is 0 Å². The third kappa shape index (κ3) is 3.57. The van der Waals surface area contributed by atoms with Gasteiger partial charge in [0.15, 0.2) is 0 Å². The summed E-state index contributed by atoms with van der Waals surface area (Å²) >= 11 is 6.24. The first-order chi connectivity index (χ1) is 16.8. The first kappa shape index (κ1) is 22.4. The Morgan fingerprint density at radius 2 is 1.66 bits per heavy atom. The summed E-state index contributed by atoms with van der Waals surface area (Å²) in [5, 5.41) is 17.2. The molecule has 2 aliphatic rings. The second-order valence-corrected chi connectivity index (χ2v) is 8.52. The summed E-state index contributed by atoms with van der Waals surface area (Å²) in [6.07, 6.45) is 0. The molecular weight excluding hydrogens is 472 g/mol. The van der Waals surface area contributed by atoms with Crippen LogP contribution in [0, 0.1) is 23.0 Å². The number of anilines is 2. The Hall–Kier alpha value is -4.37. The predicted molar refractivity (Wildman–Crippen MR) is 130 cm³/mol. The van der Waals surface area contributed by atoms with Crippen molar-refractivity contribution in [3.8, 4) is 0 Å². The van der Waals surface area contributed by atoms with Crippen molar-refractivity contribution in [2.45, 2.75) is 13.0 Å². The average Bonchev–Trinajstić information content (AvgIpc) is 3.38. The van der Waals surface area contributed by atoms with Crippen LogP contribution in [0.4, 0.5) is 17.1 Å². The molecule has 0 spiro atoms. The summed E-state index contributed by atoms with van der Waals surface area (Å²) in [6.45, 7) is 1.70. The maximum absolute atomic E-state index is 13.7. The van der Waals surface area contributed by atoms with Crippen molar-refractivity contribution >= 4 is 52.0 Å². The summed E-state index contributed by atoms with van der Waals surface area (Å²) in [5.41, 5.74) is 1.34. The minimum absolute atomic E-state index is 0.0694. The van der Waals surface area contributed by atoms with Crippen molar-refractivity contribution in [2.75, 3.05) is 9.91 Å². The van der Waals surface area contributed by atoms with Crippen LogP contribution < -0.4 is 9.91 Å². The van der Waals surface area contributed by atoms with Gasteiger partial charge in [0, 0.05) is 22.7 Å². The Morgan fingerprint density at radius 1 is 0.971 bits per heavy atom. The highest BCUT2D eigenvalue weighted by molar-refractivity contribution is 6.53. The number of rotatable bonds is 5. The molecule has 0 saturated carbocycles. The summed E-state index contributed by atoms with van der Waals surface area (Å²) in [5.74, 6) is -2.78. The number of carbonyl (C=O) groups is 3. The van der Waals surface area contributed by atoms with E-state index >= 15 is 0 Å². The molecule has 2 unspecified atom stereocenters. The van der Waals surface area contributed by atoms with Gasteiger partial charge < -0.3 is 0 Å². The van der Waals surface area contributed by atoms with Crippen molar-refractivity contribution in [2.24, 2.45) is 11.0 Å². The maximum Gasteiger partial charge on any atom is 0.269 e. The van der Waals surface area contributed by atoms with Gasteiger partial charge in [-0.1, -0.05) is 48.0 Å². The summed E-state index contributed by atoms with van der Waals surface area (Å²) in [4.78, 5) is 52.2. The average molecular weight is 489 g/mol. The topological polar surface area (TPSA) is 113 Å². The van der Waals surface area contributed by atoms with Crippen molar-refractivity contribution in [3.63, 3.8) is 0 Å². The summed E-state index contributed by atoms with van der Waals surface area (Å²) in [6, 6.07) is 17.5. The molecule has 3 aromatic rings. The number of nitro groups is 1. The monoisotopic (exact) mass is 488 g/mol. The SMILES string of the molecule is Cc1c(Cl)cccc1N1C(=O)C2C(C(=O)c3ccccc3)=NN(c3ccc([N+](=O)[O-])cc3)C2C1=O. The third-order valence-electron chi connectivity index (χ3n) is 6.12. The van der Waals surface area contributed by atoms with E-state index in [0.29, 0.717) is 27.5 Å². The molecule has 2 aliphatic heterocycles. The van der Waals surface area contributed by atoms with E-state index in [1.54, 1.807) is 55.5 Å². The van der Waals surface area contributed by atoms with Gasteiger partial charge in [-0.15, -0.1) is 0 Å². The van der Waals surface area contributed by atoms with Gasteiger partial charge in [-0.2, -0.15) is 5.10 Å². The molecule has 1 saturated heterocycles. The van der Waals surface area contributed by atoms with E-state index < -0.39 is 34.5 Å². The second-order valence-electron chi connectivity index (χ2n) is 8.12. The Balaban J connectivity index is 1.63. The molecule has 174 valence electrons. The zero-order valence-electron chi connectivity index (χ0n) is 18.3. The number of nitrogens with zero attached hydrogens (tertiary/aromatic N) is 4. The summed E-state index contributed by atoms with van der Waals surface area (Å²) in [7, 11) is 0. The van der Waals surface area contributed by atoms with Crippen LogP contribution >= 0.6 is 11.6 Å². The van der Waals surface area contributed by atoms with Crippen LogP contribution in [0.25, 0.3) is 0 Å². The van der Waals surface area contributed by atoms with Gasteiger partial charge in [-0.25, -0.2) is 4.90 Å². The fraction of sp³-hybridized carbons (Fsp3) is 0.120. The maximum atomic E-state index is 13.7. The molecule has 9 nitrogen and oxygen atoms in total. The zero-order chi connectivity index (χ0) is 24.9. The molecule has 10 heteroatoms. The van der Waals surface area contributed by atoms with Crippen molar-refractivity contribution in [3.05, 3.63) is 99.1 Å². The molecule has 3 aromatic carbocycles. The van der Waals surface area contributed by atoms with E-state index in [1.807, 2.05) is 0 Å². The molecule has 2 atom stereocenters. The Bertz CT molecular complexity index is 1420. The minimum atomic E-state index is -1.15. The number of fused-ring (bicyclic) bond motifs is 1. The Morgan fingerprint density at radius 3 is 2.31 bits per heavy atom. The van der Waals surface area contributed by atoms with E-state index in [9.17, 15) is 24.5 Å². The van der Waals surface area contributed by atoms with E-state index in [1.165, 1.54) is 29.3 Å². The lowest BCUT2D eigenvalue weighted by atomic mass is 9.92. The van der Waals surface area contributed by atoms with Crippen molar-refractivity contribution < 1.29 is 19.3 Å². The lowest BCUT2D eigenvalue weighted by molar-refractivity contribution is -0.384. The first-order valence-electron chi connectivity index (χ1n) is 10.6. The Labute approximate surface area is 204 Å². The number of ketones is 1. The number of halogens is 1. The normalized spacial score (nSPS) is 19.1. The van der Waals surface area contributed by atoms with E-state index in [-0.39, 0.29) is 11.4 Å². The molecule has 0 aliphatic carbocycles. The fourth-order valence-corrected chi connectivity index (χ4v) is 4.53. The quantitative estimate of drug-likeness (QED) is 0.230. The molecule has 1 fully saturated rings. The molecule has 0 aromatic heterocycles. The smallest absolute Gasteiger partial charge is 0.269 e. The third-order valence-corrected chi connectivity index (χ3v) is 6.53. The summed E-state index contributed by atoms with van der Waals surface area (Å²) < 4.78 is 0. The molecule has 0 bridgehead atoms. The standard InChI is InChI=1S/C25H17ClN4O5/c1-14-18(26)8-5-9-19(14)28-24(32)20-21(23(31)15-6-3-2-4-7-15)27-29(22(20)25(28)33)16-10-12-17(13-11-16)30(34)35/h2-13,20,22H,1H3. The van der Waals surface area contributed by atoms with Crippen LogP contribution in [0.1, 0.15) is 15.9 Å². The van der Waals surface area contributed by atoms with Gasteiger partial charge in [0.1, 0.15) is 17.7 Å². The Kier molecular flexibility index (Phi) is 5.41. The highest BCUT2D eigenvalue weighted by atomic mass is 35.5. The number of carbonyl (C=O) groups excluding carboxylic acids is 3. The number of hydrogen-bond donors (Lipinski definition) is 0. The molecule has 0 N–H and O–H groups in total. The van der Waals surface area contributed by atoms with Crippen LogP contribution in [-0.2, 0) is 9.59 Å². The minimum Gasteiger partial charge on any atom is -0.287 e. The predicted octanol–water partition coefficient (Wildman–Crippen LogP) is 4.17. The number of Topliss-reactive ketones (excluding diaryl/α,β-unsaturated/α-hetero) is 1. The fourth-order valence-electron chi connectivity index (χ4n) is 4.36. The first-order valence-corrected chi connectivity index (χ1v) is 11.0.